The highest BCUT2D eigenvalue weighted by molar-refractivity contribution is 6.29. The first-order chi connectivity index (χ1) is 73.7. The minimum atomic E-state index is -0.490. The van der Waals surface area contributed by atoms with Crippen molar-refractivity contribution in [2.24, 2.45) is 0 Å². The van der Waals surface area contributed by atoms with Gasteiger partial charge in [0.1, 0.15) is 17.5 Å². The molecule has 0 fully saturated rings. The third-order valence-corrected chi connectivity index (χ3v) is 30.2. The molecule has 0 radical (unpaired) electrons. The zero-order chi connectivity index (χ0) is 99.2. The van der Waals surface area contributed by atoms with Gasteiger partial charge in [-0.05, 0) is 226 Å². The summed E-state index contributed by atoms with van der Waals surface area (Å²) in [7, 11) is 0. The standard InChI is InChI=1S/C51H30O.C45H30N6.C44H30O2/c52-49(31-25-27-39-37-17-5-11-23-45(37)50(47(39)29-31)41-19-7-1-13-33(41)34-14-2-8-20-42(34)50)32-26-28-40-38-18-6-12-24-46(38)51(48(40)30-32)43-21-9-3-15-35(43)36-16-4-10-22-44(36)51;1-4-16-34(17-5-1)49-40-25-13-10-22-37(40)46-43(49)31-28-32(44-47-38-23-11-14-26-41(38)50(44)35-18-6-2-7-19-35)30-33(29-31)45-48-39-24-12-15-27-42(39)51(45)36-20-8-3-9-21-36;45-43(35-27-15-5-16-28-35)41-39(33-23-11-3-12-24-33)37(31-19-7-1-8-20-31)38(32-21-9-2-10-22-32)40(34-25-13-4-14-26-34)42(41)44(46)36-29-17-6-18-30-36/h1-30H;1-30H;1-30H. The largest absolute Gasteiger partial charge is 0.292 e. The lowest BCUT2D eigenvalue weighted by atomic mass is 9.70. The van der Waals surface area contributed by atoms with E-state index in [-0.39, 0.29) is 17.3 Å². The Labute approximate surface area is 862 Å². The molecular formula is C140H90N6O3. The molecule has 3 heterocycles. The van der Waals surface area contributed by atoms with E-state index in [2.05, 4.69) is 353 Å². The molecule has 0 amide bonds. The van der Waals surface area contributed by atoms with Crippen LogP contribution in [0.3, 0.4) is 0 Å². The zero-order valence-corrected chi connectivity index (χ0v) is 80.9. The molecule has 0 unspecified atom stereocenters. The van der Waals surface area contributed by atoms with Gasteiger partial charge >= 0.3 is 0 Å². The number of aromatic nitrogens is 6. The van der Waals surface area contributed by atoms with Gasteiger partial charge in [0, 0.05) is 78.3 Å². The Morgan fingerprint density at radius 3 is 0.651 bits per heavy atom. The van der Waals surface area contributed by atoms with Crippen LogP contribution < -0.4 is 0 Å². The average molecular weight is 1900 g/mol. The number of para-hydroxylation sites is 9. The van der Waals surface area contributed by atoms with Gasteiger partial charge in [0.2, 0.25) is 0 Å². The van der Waals surface area contributed by atoms with E-state index in [0.717, 1.165) is 129 Å². The molecule has 0 bridgehead atoms. The van der Waals surface area contributed by atoms with E-state index in [1.54, 1.807) is 0 Å². The van der Waals surface area contributed by atoms with E-state index in [1.807, 2.05) is 206 Å². The van der Waals surface area contributed by atoms with Crippen molar-refractivity contribution in [1.29, 1.82) is 0 Å². The van der Waals surface area contributed by atoms with Crippen molar-refractivity contribution in [1.82, 2.24) is 28.7 Å². The van der Waals surface area contributed by atoms with Crippen molar-refractivity contribution < 1.29 is 14.4 Å². The fraction of sp³-hybridized carbons (Fsp3) is 0.0143. The third kappa shape index (κ3) is 14.4. The molecule has 2 spiro atoms. The average Bonchev–Trinajstić information content (AvgIpc) is 1.51. The first-order valence-corrected chi connectivity index (χ1v) is 50.6. The summed E-state index contributed by atoms with van der Waals surface area (Å²) < 4.78 is 6.75. The maximum Gasteiger partial charge on any atom is 0.194 e. The lowest BCUT2D eigenvalue weighted by Crippen LogP contribution is -2.26. The number of hydrogen-bond donors (Lipinski definition) is 0. The van der Waals surface area contributed by atoms with Crippen LogP contribution >= 0.6 is 0 Å². The molecule has 0 atom stereocenters. The Bertz CT molecular complexity index is 8810. The van der Waals surface area contributed by atoms with Crippen molar-refractivity contribution in [2.45, 2.75) is 10.8 Å². The number of benzene rings is 22. The smallest absolute Gasteiger partial charge is 0.194 e. The highest BCUT2D eigenvalue weighted by Gasteiger charge is 2.54. The molecule has 698 valence electrons. The summed E-state index contributed by atoms with van der Waals surface area (Å²) in [6, 6.07) is 188. The van der Waals surface area contributed by atoms with E-state index >= 15 is 9.59 Å². The molecule has 149 heavy (non-hydrogen) atoms. The van der Waals surface area contributed by atoms with Crippen LogP contribution in [0.1, 0.15) is 92.3 Å². The molecule has 25 aromatic rings. The quantitative estimate of drug-likeness (QED) is 0.0893. The molecule has 0 aliphatic heterocycles. The van der Waals surface area contributed by atoms with Gasteiger partial charge in [-0.3, -0.25) is 28.1 Å². The second-order valence-corrected chi connectivity index (χ2v) is 38.3. The minimum absolute atomic E-state index is 0.0435. The van der Waals surface area contributed by atoms with Crippen molar-refractivity contribution in [3.05, 3.63) is 624 Å². The van der Waals surface area contributed by atoms with Crippen molar-refractivity contribution >= 4 is 50.4 Å². The lowest BCUT2D eigenvalue weighted by Gasteiger charge is -2.31. The second-order valence-electron chi connectivity index (χ2n) is 38.3. The van der Waals surface area contributed by atoms with Crippen LogP contribution in [0.5, 0.6) is 0 Å². The molecular weight excluding hydrogens is 1810 g/mol. The number of fused-ring (bicyclic) bond motifs is 23. The number of nitrogens with zero attached hydrogens (tertiary/aromatic N) is 6. The van der Waals surface area contributed by atoms with E-state index in [1.165, 1.54) is 89.0 Å². The maximum absolute atomic E-state index is 15.1. The molecule has 0 N–H and O–H groups in total. The molecule has 0 saturated heterocycles. The summed E-state index contributed by atoms with van der Waals surface area (Å²) in [5.41, 5.74) is 41.0. The van der Waals surface area contributed by atoms with E-state index in [9.17, 15) is 4.79 Å². The molecule has 29 rings (SSSR count). The number of carbonyl (C=O) groups excluding carboxylic acids is 3. The van der Waals surface area contributed by atoms with E-state index in [0.29, 0.717) is 33.4 Å². The van der Waals surface area contributed by atoms with Crippen molar-refractivity contribution in [3.63, 3.8) is 0 Å². The van der Waals surface area contributed by atoms with Gasteiger partial charge in [0.15, 0.2) is 17.3 Å². The molecule has 0 saturated carbocycles. The molecule has 4 aliphatic rings. The summed E-state index contributed by atoms with van der Waals surface area (Å²) in [5.74, 6) is 2.17. The summed E-state index contributed by atoms with van der Waals surface area (Å²) >= 11 is 0. The Morgan fingerprint density at radius 1 is 0.168 bits per heavy atom. The first-order valence-electron chi connectivity index (χ1n) is 50.6. The summed E-state index contributed by atoms with van der Waals surface area (Å²) in [6.45, 7) is 0. The summed E-state index contributed by atoms with van der Waals surface area (Å²) in [4.78, 5) is 61.0. The highest BCUT2D eigenvalue weighted by Crippen LogP contribution is 2.66. The Hall–Kier alpha value is -19.7. The molecule has 9 nitrogen and oxygen atoms in total. The van der Waals surface area contributed by atoms with Crippen molar-refractivity contribution in [2.75, 3.05) is 0 Å². The highest BCUT2D eigenvalue weighted by atomic mass is 16.1. The number of hydrogen-bond acceptors (Lipinski definition) is 6. The lowest BCUT2D eigenvalue weighted by molar-refractivity contribution is 0.100. The van der Waals surface area contributed by atoms with Crippen LogP contribution in [0.15, 0.2) is 546 Å². The number of carbonyl (C=O) groups is 3. The fourth-order valence-electron chi connectivity index (χ4n) is 24.1. The van der Waals surface area contributed by atoms with Crippen LogP contribution in [0.25, 0.3) is 173 Å². The maximum atomic E-state index is 15.1. The van der Waals surface area contributed by atoms with Crippen molar-refractivity contribution in [3.8, 4) is 140 Å². The Kier molecular flexibility index (Phi) is 21.7. The molecule has 3 aromatic heterocycles. The zero-order valence-electron chi connectivity index (χ0n) is 80.9. The van der Waals surface area contributed by atoms with E-state index in [4.69, 9.17) is 15.0 Å². The van der Waals surface area contributed by atoms with Gasteiger partial charge < -0.3 is 0 Å². The topological polar surface area (TPSA) is 105 Å². The van der Waals surface area contributed by atoms with Gasteiger partial charge in [0.05, 0.1) is 43.9 Å². The summed E-state index contributed by atoms with van der Waals surface area (Å²) in [5, 5.41) is 0. The predicted octanol–water partition coefficient (Wildman–Crippen LogP) is 33.1. The van der Waals surface area contributed by atoms with Crippen LogP contribution in [-0.2, 0) is 10.8 Å². The number of imidazole rings is 3. The van der Waals surface area contributed by atoms with Gasteiger partial charge in [-0.15, -0.1) is 0 Å². The number of ketones is 3. The SMILES string of the molecule is O=C(c1ccc2c(c1)C1(c3ccccc3-c3ccccc31)c1ccccc1-2)c1ccc2c(c1)C1(c3ccccc3-c3ccccc31)c1ccccc1-2.O=C(c1ccccc1)c1c(C(=O)c2ccccc2)c(-c2ccccc2)c(-c2ccccc2)c(-c2ccccc2)c1-c1ccccc1.c1ccc(-n2c(-c3cc(-c4nc5ccccc5n4-c4ccccc4)cc(-c4nc5ccccc5n4-c4ccccc4)c3)nc3ccccc32)cc1. The normalized spacial score (nSPS) is 12.5. The van der Waals surface area contributed by atoms with Crippen LogP contribution in [0.4, 0.5) is 0 Å². The van der Waals surface area contributed by atoms with Gasteiger partial charge in [-0.1, -0.05) is 443 Å². The Morgan fingerprint density at radius 2 is 0.383 bits per heavy atom. The first kappa shape index (κ1) is 88.2. The third-order valence-electron chi connectivity index (χ3n) is 30.2. The molecule has 22 aromatic carbocycles. The monoisotopic (exact) mass is 1900 g/mol. The van der Waals surface area contributed by atoms with Gasteiger partial charge in [-0.25, -0.2) is 15.0 Å². The van der Waals surface area contributed by atoms with E-state index < -0.39 is 10.8 Å². The number of rotatable bonds is 16. The van der Waals surface area contributed by atoms with Crippen LogP contribution in [0, 0.1) is 0 Å². The predicted molar refractivity (Wildman–Crippen MR) is 603 cm³/mol. The van der Waals surface area contributed by atoms with Gasteiger partial charge in [-0.2, -0.15) is 0 Å². The van der Waals surface area contributed by atoms with Gasteiger partial charge in [0.25, 0.3) is 0 Å². The van der Waals surface area contributed by atoms with Crippen LogP contribution in [-0.4, -0.2) is 46.0 Å². The second kappa shape index (κ2) is 36.6. The van der Waals surface area contributed by atoms with Crippen LogP contribution in [0.2, 0.25) is 0 Å². The summed E-state index contributed by atoms with van der Waals surface area (Å²) in [6.07, 6.45) is 0. The molecule has 4 aliphatic carbocycles. The fourth-order valence-corrected chi connectivity index (χ4v) is 24.1. The minimum Gasteiger partial charge on any atom is -0.292 e. The Balaban J connectivity index is 0.000000110. The molecule has 9 heteroatoms.